The number of rotatable bonds is 3. The van der Waals surface area contributed by atoms with Crippen LogP contribution >= 0.6 is 0 Å². The van der Waals surface area contributed by atoms with Crippen molar-refractivity contribution in [2.75, 3.05) is 24.6 Å². The number of nitrogens with zero attached hydrogens (tertiary/aromatic N) is 2. The Hall–Kier alpha value is -1.85. The van der Waals surface area contributed by atoms with Gasteiger partial charge in [-0.1, -0.05) is 0 Å². The van der Waals surface area contributed by atoms with Crippen LogP contribution in [0.4, 0.5) is 11.6 Å². The van der Waals surface area contributed by atoms with E-state index in [1.165, 1.54) is 6.33 Å². The summed E-state index contributed by atoms with van der Waals surface area (Å²) in [7, 11) is 1.57. The van der Waals surface area contributed by atoms with Crippen LogP contribution < -0.4 is 16.4 Å². The number of nitrogen functional groups attached to an aromatic ring is 1. The highest BCUT2D eigenvalue weighted by Crippen LogP contribution is 2.13. The van der Waals surface area contributed by atoms with Crippen molar-refractivity contribution in [1.82, 2.24) is 15.3 Å². The van der Waals surface area contributed by atoms with E-state index in [0.29, 0.717) is 11.6 Å². The van der Waals surface area contributed by atoms with Crippen LogP contribution in [0.1, 0.15) is 5.56 Å². The number of hydrogen-bond donors (Lipinski definition) is 3. The van der Waals surface area contributed by atoms with Gasteiger partial charge in [-0.25, -0.2) is 9.97 Å². The Kier molecular flexibility index (Phi) is 3.22. The molecule has 76 valence electrons. The van der Waals surface area contributed by atoms with Gasteiger partial charge in [0.25, 0.3) is 0 Å². The van der Waals surface area contributed by atoms with Crippen molar-refractivity contribution in [2.45, 2.75) is 6.92 Å². The van der Waals surface area contributed by atoms with Crippen LogP contribution in [-0.4, -0.2) is 29.5 Å². The minimum Gasteiger partial charge on any atom is -0.383 e. The number of nitrogens with one attached hydrogen (secondary N) is 2. The second-order valence-corrected chi connectivity index (χ2v) is 2.76. The fourth-order valence-corrected chi connectivity index (χ4v) is 0.894. The van der Waals surface area contributed by atoms with Crippen LogP contribution in [0.2, 0.25) is 0 Å². The molecule has 0 aliphatic heterocycles. The molecule has 0 saturated heterocycles. The van der Waals surface area contributed by atoms with E-state index in [9.17, 15) is 4.79 Å². The molecule has 1 aromatic rings. The maximum Gasteiger partial charge on any atom is 0.239 e. The highest BCUT2D eigenvalue weighted by molar-refractivity contribution is 5.80. The van der Waals surface area contributed by atoms with Crippen molar-refractivity contribution < 1.29 is 4.79 Å². The molecule has 0 fully saturated rings. The lowest BCUT2D eigenvalue weighted by Gasteiger charge is -2.07. The molecule has 1 rings (SSSR count). The summed E-state index contributed by atoms with van der Waals surface area (Å²) in [6.07, 6.45) is 1.36. The van der Waals surface area contributed by atoms with Gasteiger partial charge in [0, 0.05) is 12.6 Å². The molecule has 1 amide bonds. The third-order valence-corrected chi connectivity index (χ3v) is 1.82. The molecule has 0 spiro atoms. The van der Waals surface area contributed by atoms with Gasteiger partial charge in [0.1, 0.15) is 18.0 Å². The standard InChI is InChI=1S/C8H13N5O/c1-5-7(9)12-4-13-8(5)11-3-6(14)10-2/h4H,3H2,1-2H3,(H,10,14)(H3,9,11,12,13). The van der Waals surface area contributed by atoms with Gasteiger partial charge >= 0.3 is 0 Å². The second-order valence-electron chi connectivity index (χ2n) is 2.76. The van der Waals surface area contributed by atoms with Crippen molar-refractivity contribution in [3.05, 3.63) is 11.9 Å². The lowest BCUT2D eigenvalue weighted by Crippen LogP contribution is -2.26. The third-order valence-electron chi connectivity index (χ3n) is 1.82. The van der Waals surface area contributed by atoms with Crippen LogP contribution in [0.25, 0.3) is 0 Å². The van der Waals surface area contributed by atoms with Gasteiger partial charge in [0.05, 0.1) is 6.54 Å². The summed E-state index contributed by atoms with van der Waals surface area (Å²) in [5, 5.41) is 5.35. The van der Waals surface area contributed by atoms with Gasteiger partial charge in [0.15, 0.2) is 0 Å². The highest BCUT2D eigenvalue weighted by Gasteiger charge is 2.04. The van der Waals surface area contributed by atoms with Gasteiger partial charge in [0.2, 0.25) is 5.91 Å². The fraction of sp³-hybridized carbons (Fsp3) is 0.375. The molecule has 0 bridgehead atoms. The Morgan fingerprint density at radius 2 is 2.29 bits per heavy atom. The summed E-state index contributed by atoms with van der Waals surface area (Å²) in [6, 6.07) is 0. The smallest absolute Gasteiger partial charge is 0.239 e. The monoisotopic (exact) mass is 195 g/mol. The maximum atomic E-state index is 10.9. The molecule has 0 saturated carbocycles. The highest BCUT2D eigenvalue weighted by atomic mass is 16.1. The number of carbonyl (C=O) groups is 1. The second kappa shape index (κ2) is 4.40. The molecule has 1 heterocycles. The molecule has 0 radical (unpaired) electrons. The molecule has 6 nitrogen and oxygen atoms in total. The Balaban J connectivity index is 2.68. The molecular weight excluding hydrogens is 182 g/mol. The van der Waals surface area contributed by atoms with Gasteiger partial charge in [-0.2, -0.15) is 0 Å². The topological polar surface area (TPSA) is 92.9 Å². The van der Waals surface area contributed by atoms with Crippen molar-refractivity contribution in [3.63, 3.8) is 0 Å². The number of amides is 1. The van der Waals surface area contributed by atoms with Gasteiger partial charge in [-0.15, -0.1) is 0 Å². The number of aromatic nitrogens is 2. The molecule has 0 unspecified atom stereocenters. The van der Waals surface area contributed by atoms with E-state index >= 15 is 0 Å². The zero-order valence-electron chi connectivity index (χ0n) is 8.16. The first-order valence-electron chi connectivity index (χ1n) is 4.16. The van der Waals surface area contributed by atoms with E-state index in [-0.39, 0.29) is 12.5 Å². The van der Waals surface area contributed by atoms with E-state index in [0.717, 1.165) is 5.56 Å². The summed E-state index contributed by atoms with van der Waals surface area (Å²) in [5.41, 5.74) is 6.31. The predicted molar refractivity (Wildman–Crippen MR) is 53.7 cm³/mol. The van der Waals surface area contributed by atoms with E-state index in [4.69, 9.17) is 5.73 Å². The van der Waals surface area contributed by atoms with Crippen LogP contribution in [0.3, 0.4) is 0 Å². The Bertz CT molecular complexity index is 339. The zero-order valence-corrected chi connectivity index (χ0v) is 8.16. The molecule has 6 heteroatoms. The van der Waals surface area contributed by atoms with Crippen LogP contribution in [0.5, 0.6) is 0 Å². The van der Waals surface area contributed by atoms with E-state index in [1.54, 1.807) is 14.0 Å². The average Bonchev–Trinajstić information content (AvgIpc) is 2.20. The lowest BCUT2D eigenvalue weighted by atomic mass is 10.3. The van der Waals surface area contributed by atoms with Crippen LogP contribution in [0.15, 0.2) is 6.33 Å². The first-order chi connectivity index (χ1) is 6.65. The largest absolute Gasteiger partial charge is 0.383 e. The quantitative estimate of drug-likeness (QED) is 0.606. The van der Waals surface area contributed by atoms with Gasteiger partial charge in [-0.3, -0.25) is 4.79 Å². The summed E-state index contributed by atoms with van der Waals surface area (Å²) < 4.78 is 0. The molecule has 0 aliphatic rings. The van der Waals surface area contributed by atoms with Gasteiger partial charge < -0.3 is 16.4 Å². The molecule has 4 N–H and O–H groups in total. The number of hydrogen-bond acceptors (Lipinski definition) is 5. The van der Waals surface area contributed by atoms with Crippen LogP contribution in [-0.2, 0) is 4.79 Å². The Morgan fingerprint density at radius 3 is 2.93 bits per heavy atom. The summed E-state index contributed by atoms with van der Waals surface area (Å²) >= 11 is 0. The summed E-state index contributed by atoms with van der Waals surface area (Å²) in [5.74, 6) is 0.891. The van der Waals surface area contributed by atoms with Crippen molar-refractivity contribution >= 4 is 17.5 Å². The number of likely N-dealkylation sites (N-methyl/N-ethyl adjacent to an activating group) is 1. The number of anilines is 2. The van der Waals surface area contributed by atoms with E-state index in [1.807, 2.05) is 0 Å². The molecule has 14 heavy (non-hydrogen) atoms. The predicted octanol–water partition coefficient (Wildman–Crippen LogP) is -0.475. The Labute approximate surface area is 81.9 Å². The molecular formula is C8H13N5O. The summed E-state index contributed by atoms with van der Waals surface area (Å²) in [6.45, 7) is 1.97. The van der Waals surface area contributed by atoms with Crippen molar-refractivity contribution in [2.24, 2.45) is 0 Å². The molecule has 1 aromatic heterocycles. The first kappa shape index (κ1) is 10.2. The normalized spacial score (nSPS) is 9.57. The maximum absolute atomic E-state index is 10.9. The SMILES string of the molecule is CNC(=O)CNc1ncnc(N)c1C. The summed E-state index contributed by atoms with van der Waals surface area (Å²) in [4.78, 5) is 18.7. The Morgan fingerprint density at radius 1 is 1.57 bits per heavy atom. The minimum atomic E-state index is -0.110. The van der Waals surface area contributed by atoms with Crippen molar-refractivity contribution in [1.29, 1.82) is 0 Å². The van der Waals surface area contributed by atoms with Gasteiger partial charge in [-0.05, 0) is 6.92 Å². The number of carbonyl (C=O) groups excluding carboxylic acids is 1. The lowest BCUT2D eigenvalue weighted by molar-refractivity contribution is -0.118. The third kappa shape index (κ3) is 2.32. The minimum absolute atomic E-state index is 0.110. The first-order valence-corrected chi connectivity index (χ1v) is 4.16. The zero-order chi connectivity index (χ0) is 10.6. The van der Waals surface area contributed by atoms with E-state index < -0.39 is 0 Å². The average molecular weight is 195 g/mol. The van der Waals surface area contributed by atoms with Crippen molar-refractivity contribution in [3.8, 4) is 0 Å². The molecule has 0 atom stereocenters. The fourth-order valence-electron chi connectivity index (χ4n) is 0.894. The van der Waals surface area contributed by atoms with Crippen LogP contribution in [0, 0.1) is 6.92 Å². The molecule has 0 aliphatic carbocycles. The number of nitrogens with two attached hydrogens (primary N) is 1. The molecule has 0 aromatic carbocycles. The van der Waals surface area contributed by atoms with E-state index in [2.05, 4.69) is 20.6 Å².